The Bertz CT molecular complexity index is 1400. The summed E-state index contributed by atoms with van der Waals surface area (Å²) in [5.74, 6) is 0.361. The summed E-state index contributed by atoms with van der Waals surface area (Å²) in [5.41, 5.74) is 1.14. The second-order valence-electron chi connectivity index (χ2n) is 8.62. The van der Waals surface area contributed by atoms with Crippen LogP contribution >= 0.6 is 11.3 Å². The van der Waals surface area contributed by atoms with E-state index >= 15 is 0 Å². The first kappa shape index (κ1) is 24.1. The van der Waals surface area contributed by atoms with E-state index < -0.39 is 6.10 Å². The molecule has 3 heterocycles. The lowest BCUT2D eigenvalue weighted by Crippen LogP contribution is -2.52. The summed E-state index contributed by atoms with van der Waals surface area (Å²) in [7, 11) is 0. The highest BCUT2D eigenvalue weighted by Crippen LogP contribution is 2.24. The van der Waals surface area contributed by atoms with Gasteiger partial charge in [-0.1, -0.05) is 36.5 Å². The van der Waals surface area contributed by atoms with E-state index in [0.717, 1.165) is 5.56 Å². The van der Waals surface area contributed by atoms with Gasteiger partial charge in [0.05, 0.1) is 5.69 Å². The Hall–Kier alpha value is -3.63. The first-order valence-electron chi connectivity index (χ1n) is 11.9. The van der Waals surface area contributed by atoms with Gasteiger partial charge in [-0.05, 0) is 42.8 Å². The Kier molecular flexibility index (Phi) is 7.06. The maximum Gasteiger partial charge on any atom is 0.275 e. The number of para-hydroxylation sites is 1. The summed E-state index contributed by atoms with van der Waals surface area (Å²) < 4.78 is 20.4. The zero-order valence-electron chi connectivity index (χ0n) is 19.8. The van der Waals surface area contributed by atoms with Crippen molar-refractivity contribution in [2.75, 3.05) is 26.2 Å². The first-order chi connectivity index (χ1) is 17.5. The molecule has 1 aliphatic heterocycles. The molecule has 0 N–H and O–H groups in total. The van der Waals surface area contributed by atoms with Gasteiger partial charge >= 0.3 is 0 Å². The Morgan fingerprint density at radius 2 is 1.81 bits per heavy atom. The fourth-order valence-electron chi connectivity index (χ4n) is 4.18. The highest BCUT2D eigenvalue weighted by atomic mass is 32.1. The van der Waals surface area contributed by atoms with Crippen LogP contribution in [0, 0.1) is 5.82 Å². The van der Waals surface area contributed by atoms with Gasteiger partial charge in [0, 0.05) is 44.4 Å². The quantitative estimate of drug-likeness (QED) is 0.381. The zero-order chi connectivity index (χ0) is 25.1. The minimum absolute atomic E-state index is 0.00299. The van der Waals surface area contributed by atoms with E-state index in [-0.39, 0.29) is 17.3 Å². The van der Waals surface area contributed by atoms with Crippen molar-refractivity contribution < 1.29 is 13.9 Å². The van der Waals surface area contributed by atoms with Crippen molar-refractivity contribution in [2.45, 2.75) is 26.0 Å². The number of piperazine rings is 1. The molecule has 1 atom stereocenters. The Morgan fingerprint density at radius 1 is 1.08 bits per heavy atom. The number of hydrogen-bond acceptors (Lipinski definition) is 7. The normalized spacial score (nSPS) is 15.2. The molecular formula is C26H26FN5O3S. The molecule has 0 saturated carbocycles. The van der Waals surface area contributed by atoms with Gasteiger partial charge in [0.25, 0.3) is 11.5 Å². The van der Waals surface area contributed by atoms with Crippen molar-refractivity contribution in [1.29, 1.82) is 0 Å². The van der Waals surface area contributed by atoms with Crippen LogP contribution in [-0.4, -0.2) is 62.6 Å². The summed E-state index contributed by atoms with van der Waals surface area (Å²) >= 11 is 1.29. The van der Waals surface area contributed by atoms with Gasteiger partial charge in [-0.2, -0.15) is 9.61 Å². The third-order valence-corrected chi connectivity index (χ3v) is 7.08. The Labute approximate surface area is 211 Å². The van der Waals surface area contributed by atoms with Crippen LogP contribution < -0.4 is 10.3 Å². The van der Waals surface area contributed by atoms with Crippen LogP contribution in [0.5, 0.6) is 5.75 Å². The monoisotopic (exact) mass is 507 g/mol. The maximum absolute atomic E-state index is 13.2. The Balaban J connectivity index is 1.22. The number of nitrogens with zero attached hydrogens (tertiary/aromatic N) is 5. The lowest BCUT2D eigenvalue weighted by molar-refractivity contribution is -0.140. The predicted molar refractivity (Wildman–Crippen MR) is 136 cm³/mol. The minimum atomic E-state index is -0.510. The topological polar surface area (TPSA) is 80.0 Å². The molecule has 8 nitrogen and oxygen atoms in total. The standard InChI is InChI=1S/C26H26FN5O3S/c1-2-22(35-21-6-4-3-5-7-21)25(34)31-14-12-30(13-15-31)17-20-16-23(33)32-26(28-20)36-24(29-32)18-8-10-19(27)11-9-18/h3-11,16,22H,2,12-15,17H2,1H3. The summed E-state index contributed by atoms with van der Waals surface area (Å²) in [4.78, 5) is 34.9. The molecule has 186 valence electrons. The van der Waals surface area contributed by atoms with Crippen LogP contribution in [-0.2, 0) is 11.3 Å². The van der Waals surface area contributed by atoms with E-state index in [0.29, 0.717) is 60.6 Å². The largest absolute Gasteiger partial charge is 0.481 e. The molecule has 0 aliphatic carbocycles. The molecule has 1 aliphatic rings. The zero-order valence-corrected chi connectivity index (χ0v) is 20.7. The molecule has 1 saturated heterocycles. The molecule has 36 heavy (non-hydrogen) atoms. The van der Waals surface area contributed by atoms with Gasteiger partial charge in [0.2, 0.25) is 4.96 Å². The number of carbonyl (C=O) groups excluding carboxylic acids is 1. The maximum atomic E-state index is 13.2. The number of halogens is 1. The van der Waals surface area contributed by atoms with Crippen molar-refractivity contribution in [3.8, 4) is 16.3 Å². The van der Waals surface area contributed by atoms with Gasteiger partial charge in [-0.25, -0.2) is 9.37 Å². The van der Waals surface area contributed by atoms with E-state index in [1.807, 2.05) is 42.2 Å². The minimum Gasteiger partial charge on any atom is -0.481 e. The number of benzene rings is 2. The number of carbonyl (C=O) groups is 1. The highest BCUT2D eigenvalue weighted by molar-refractivity contribution is 7.19. The molecule has 10 heteroatoms. The van der Waals surface area contributed by atoms with Crippen LogP contribution in [0.1, 0.15) is 19.0 Å². The number of rotatable bonds is 7. The summed E-state index contributed by atoms with van der Waals surface area (Å²) in [6, 6.07) is 16.9. The van der Waals surface area contributed by atoms with E-state index in [1.165, 1.54) is 34.1 Å². The van der Waals surface area contributed by atoms with E-state index in [4.69, 9.17) is 4.74 Å². The lowest BCUT2D eigenvalue weighted by atomic mass is 10.2. The second-order valence-corrected chi connectivity index (χ2v) is 9.58. The highest BCUT2D eigenvalue weighted by Gasteiger charge is 2.28. The van der Waals surface area contributed by atoms with E-state index in [2.05, 4.69) is 15.0 Å². The molecule has 1 unspecified atom stereocenters. The summed E-state index contributed by atoms with van der Waals surface area (Å²) in [5, 5.41) is 4.96. The van der Waals surface area contributed by atoms with Crippen molar-refractivity contribution in [2.24, 2.45) is 0 Å². The van der Waals surface area contributed by atoms with Crippen molar-refractivity contribution in [3.63, 3.8) is 0 Å². The van der Waals surface area contributed by atoms with Crippen LogP contribution in [0.3, 0.4) is 0 Å². The fourth-order valence-corrected chi connectivity index (χ4v) is 5.11. The fraction of sp³-hybridized carbons (Fsp3) is 0.308. The molecular weight excluding hydrogens is 481 g/mol. The average molecular weight is 508 g/mol. The third kappa shape index (κ3) is 5.29. The number of aromatic nitrogens is 3. The summed E-state index contributed by atoms with van der Waals surface area (Å²) in [6.45, 7) is 4.99. The molecule has 2 aromatic carbocycles. The molecule has 4 aromatic rings. The molecule has 2 aromatic heterocycles. The molecule has 1 fully saturated rings. The van der Waals surface area contributed by atoms with E-state index in [1.54, 1.807) is 12.1 Å². The van der Waals surface area contributed by atoms with Crippen molar-refractivity contribution in [3.05, 3.63) is 82.5 Å². The van der Waals surface area contributed by atoms with Crippen LogP contribution in [0.25, 0.3) is 15.5 Å². The van der Waals surface area contributed by atoms with Gasteiger partial charge in [0.1, 0.15) is 16.6 Å². The predicted octanol–water partition coefficient (Wildman–Crippen LogP) is 3.46. The van der Waals surface area contributed by atoms with Crippen molar-refractivity contribution >= 4 is 22.2 Å². The van der Waals surface area contributed by atoms with Crippen LogP contribution in [0.2, 0.25) is 0 Å². The Morgan fingerprint density at radius 3 is 2.50 bits per heavy atom. The lowest BCUT2D eigenvalue weighted by Gasteiger charge is -2.36. The van der Waals surface area contributed by atoms with E-state index in [9.17, 15) is 14.0 Å². The molecule has 0 spiro atoms. The van der Waals surface area contributed by atoms with Gasteiger partial charge in [-0.3, -0.25) is 14.5 Å². The number of fused-ring (bicyclic) bond motifs is 1. The average Bonchev–Trinajstić information content (AvgIpc) is 3.33. The second kappa shape index (κ2) is 10.5. The van der Waals surface area contributed by atoms with Crippen LogP contribution in [0.15, 0.2) is 65.5 Å². The summed E-state index contributed by atoms with van der Waals surface area (Å²) in [6.07, 6.45) is 0.0843. The molecule has 0 bridgehead atoms. The molecule has 0 radical (unpaired) electrons. The smallest absolute Gasteiger partial charge is 0.275 e. The number of hydrogen-bond donors (Lipinski definition) is 0. The van der Waals surface area contributed by atoms with Gasteiger partial charge in [-0.15, -0.1) is 0 Å². The van der Waals surface area contributed by atoms with Gasteiger partial charge < -0.3 is 9.64 Å². The molecule has 1 amide bonds. The third-order valence-electron chi connectivity index (χ3n) is 6.13. The molecule has 5 rings (SSSR count). The SMILES string of the molecule is CCC(Oc1ccccc1)C(=O)N1CCN(Cc2cc(=O)n3nc(-c4ccc(F)cc4)sc3n2)CC1. The van der Waals surface area contributed by atoms with Gasteiger partial charge in [0.15, 0.2) is 6.10 Å². The first-order valence-corrected chi connectivity index (χ1v) is 12.7. The number of amides is 1. The number of ether oxygens (including phenoxy) is 1. The van der Waals surface area contributed by atoms with Crippen LogP contribution in [0.4, 0.5) is 4.39 Å². The van der Waals surface area contributed by atoms with Crippen molar-refractivity contribution in [1.82, 2.24) is 24.4 Å².